The van der Waals surface area contributed by atoms with Crippen molar-refractivity contribution < 1.29 is 30.3 Å². The van der Waals surface area contributed by atoms with Crippen LogP contribution in [0.3, 0.4) is 0 Å². The average molecular weight is 411 g/mol. The summed E-state index contributed by atoms with van der Waals surface area (Å²) in [5.41, 5.74) is 4.13. The molecule has 7 nitrogen and oxygen atoms in total. The van der Waals surface area contributed by atoms with Gasteiger partial charge in [-0.15, -0.1) is 0 Å². The van der Waals surface area contributed by atoms with Crippen LogP contribution in [-0.4, -0.2) is 67.6 Å². The first-order valence-corrected chi connectivity index (χ1v) is 9.85. The van der Waals surface area contributed by atoms with Crippen molar-refractivity contribution in [2.45, 2.75) is 43.5 Å². The number of hydrogen-bond acceptors (Lipinski definition) is 7. The van der Waals surface area contributed by atoms with Crippen LogP contribution in [0, 0.1) is 6.92 Å². The first kappa shape index (κ1) is 20.9. The van der Waals surface area contributed by atoms with Gasteiger partial charge in [-0.25, -0.2) is 0 Å². The van der Waals surface area contributed by atoms with E-state index in [4.69, 9.17) is 4.74 Å². The molecule has 4 rings (SSSR count). The number of ether oxygens (including phenoxy) is 1. The summed E-state index contributed by atoms with van der Waals surface area (Å²) in [6, 6.07) is 15.4. The summed E-state index contributed by atoms with van der Waals surface area (Å²) in [6.45, 7) is 1.30. The van der Waals surface area contributed by atoms with E-state index in [1.54, 1.807) is 12.3 Å². The Balaban J connectivity index is 1.62. The Morgan fingerprint density at radius 3 is 2.43 bits per heavy atom. The van der Waals surface area contributed by atoms with E-state index in [1.807, 2.05) is 49.4 Å². The summed E-state index contributed by atoms with van der Waals surface area (Å²) in [5.74, 6) is 0. The number of aliphatic hydroxyl groups is 5. The number of pyridine rings is 1. The highest BCUT2D eigenvalue weighted by Crippen LogP contribution is 2.33. The third-order valence-corrected chi connectivity index (χ3v) is 5.77. The monoisotopic (exact) mass is 411 g/mol. The van der Waals surface area contributed by atoms with Gasteiger partial charge < -0.3 is 30.3 Å². The lowest BCUT2D eigenvalue weighted by Crippen LogP contribution is -2.59. The van der Waals surface area contributed by atoms with Gasteiger partial charge in [-0.3, -0.25) is 4.98 Å². The van der Waals surface area contributed by atoms with Crippen molar-refractivity contribution >= 4 is 10.9 Å². The van der Waals surface area contributed by atoms with E-state index in [2.05, 4.69) is 4.98 Å². The molecule has 1 saturated heterocycles. The summed E-state index contributed by atoms with van der Waals surface area (Å²) < 4.78 is 5.50. The fourth-order valence-corrected chi connectivity index (χ4v) is 4.00. The molecule has 2 aromatic carbocycles. The third-order valence-electron chi connectivity index (χ3n) is 5.77. The molecule has 0 radical (unpaired) electrons. The van der Waals surface area contributed by atoms with Crippen molar-refractivity contribution in [1.29, 1.82) is 0 Å². The van der Waals surface area contributed by atoms with Crippen LogP contribution >= 0.6 is 0 Å². The van der Waals surface area contributed by atoms with Gasteiger partial charge in [-0.05, 0) is 41.3 Å². The number of fused-ring (bicyclic) bond motifs is 1. The zero-order chi connectivity index (χ0) is 21.4. The predicted octanol–water partition coefficient (Wildman–Crippen LogP) is 1.09. The fourth-order valence-electron chi connectivity index (χ4n) is 4.00. The Morgan fingerprint density at radius 2 is 1.70 bits per heavy atom. The van der Waals surface area contributed by atoms with Crippen LogP contribution in [0.15, 0.2) is 54.7 Å². The van der Waals surface area contributed by atoms with Gasteiger partial charge in [0.15, 0.2) is 0 Å². The minimum Gasteiger partial charge on any atom is -0.394 e. The van der Waals surface area contributed by atoms with Crippen LogP contribution in [0.2, 0.25) is 0 Å². The number of rotatable bonds is 4. The van der Waals surface area contributed by atoms with Crippen molar-refractivity contribution in [1.82, 2.24) is 4.98 Å². The second-order valence-corrected chi connectivity index (χ2v) is 7.72. The van der Waals surface area contributed by atoms with Gasteiger partial charge in [0.05, 0.1) is 12.1 Å². The second kappa shape index (κ2) is 8.39. The van der Waals surface area contributed by atoms with E-state index in [9.17, 15) is 25.5 Å². The summed E-state index contributed by atoms with van der Waals surface area (Å²) in [5, 5.41) is 51.5. The van der Waals surface area contributed by atoms with Crippen molar-refractivity contribution in [3.63, 3.8) is 0 Å². The molecule has 3 aromatic rings. The quantitative estimate of drug-likeness (QED) is 0.435. The number of aromatic nitrogens is 1. The van der Waals surface area contributed by atoms with Gasteiger partial charge in [0.2, 0.25) is 0 Å². The van der Waals surface area contributed by atoms with Gasteiger partial charge in [0.25, 0.3) is 0 Å². The molecule has 6 atom stereocenters. The molecule has 0 saturated carbocycles. The second-order valence-electron chi connectivity index (χ2n) is 7.72. The van der Waals surface area contributed by atoms with E-state index in [-0.39, 0.29) is 0 Å². The lowest BCUT2D eigenvalue weighted by atomic mass is 9.88. The Hall–Kier alpha value is -2.39. The molecule has 0 bridgehead atoms. The van der Waals surface area contributed by atoms with Crippen molar-refractivity contribution in [2.75, 3.05) is 6.61 Å². The fraction of sp³-hybridized carbons (Fsp3) is 0.348. The molecule has 1 aliphatic rings. The molecule has 0 aliphatic carbocycles. The minimum absolute atomic E-state index is 0.530. The molecule has 1 aliphatic heterocycles. The van der Waals surface area contributed by atoms with Crippen LogP contribution in [0.4, 0.5) is 0 Å². The van der Waals surface area contributed by atoms with Crippen molar-refractivity contribution in [3.05, 3.63) is 65.9 Å². The van der Waals surface area contributed by atoms with Crippen LogP contribution in [-0.2, 0) is 4.74 Å². The van der Waals surface area contributed by atoms with Gasteiger partial charge in [0, 0.05) is 11.6 Å². The summed E-state index contributed by atoms with van der Waals surface area (Å²) in [7, 11) is 0. The number of benzene rings is 2. The van der Waals surface area contributed by atoms with Gasteiger partial charge in [0.1, 0.15) is 36.6 Å². The Kier molecular flexibility index (Phi) is 5.84. The molecule has 5 N–H and O–H groups in total. The normalized spacial score (nSPS) is 27.9. The number of hydrogen-bond donors (Lipinski definition) is 5. The van der Waals surface area contributed by atoms with E-state index in [1.165, 1.54) is 0 Å². The van der Waals surface area contributed by atoms with Gasteiger partial charge >= 0.3 is 0 Å². The maximum atomic E-state index is 10.8. The Labute approximate surface area is 173 Å². The number of nitrogens with zero attached hydrogens (tertiary/aromatic N) is 1. The van der Waals surface area contributed by atoms with E-state index >= 15 is 0 Å². The first-order valence-electron chi connectivity index (χ1n) is 9.85. The highest BCUT2D eigenvalue weighted by molar-refractivity contribution is 5.84. The Bertz CT molecular complexity index is 1040. The summed E-state index contributed by atoms with van der Waals surface area (Å²) in [6.07, 6.45) is -6.23. The van der Waals surface area contributed by atoms with Crippen LogP contribution < -0.4 is 0 Å². The summed E-state index contributed by atoms with van der Waals surface area (Å²) in [4.78, 5) is 4.38. The number of aliphatic hydroxyl groups excluding tert-OH is 5. The largest absolute Gasteiger partial charge is 0.394 e. The van der Waals surface area contributed by atoms with Crippen molar-refractivity contribution in [2.24, 2.45) is 0 Å². The van der Waals surface area contributed by atoms with E-state index in [0.29, 0.717) is 5.56 Å². The third kappa shape index (κ3) is 3.72. The molecule has 1 aromatic heterocycles. The molecule has 158 valence electrons. The highest BCUT2D eigenvalue weighted by Gasteiger charge is 2.46. The SMILES string of the molecule is Cc1cc(-c2ccc3cccnc3c2)ccc1[C@@H](O)[C@H]1O[C@H](CO)[C@@H](O)[C@H](O)[C@@H]1O. The topological polar surface area (TPSA) is 123 Å². The first-order chi connectivity index (χ1) is 14.4. The standard InChI is InChI=1S/C23H25NO6/c1-12-9-14(15-5-4-13-3-2-8-24-17(13)10-15)6-7-16(12)19(26)23-22(29)21(28)20(27)18(11-25)30-23/h2-10,18-23,25-29H,11H2,1H3/t18-,19-,20-,21+,22+,23-/m1/s1. The molecule has 2 heterocycles. The average Bonchev–Trinajstić information content (AvgIpc) is 2.77. The molecular formula is C23H25NO6. The van der Waals surface area contributed by atoms with E-state index in [0.717, 1.165) is 27.6 Å². The number of aryl methyl sites for hydroxylation is 1. The smallest absolute Gasteiger partial charge is 0.117 e. The van der Waals surface area contributed by atoms with Crippen LogP contribution in [0.5, 0.6) is 0 Å². The van der Waals surface area contributed by atoms with Crippen LogP contribution in [0.25, 0.3) is 22.0 Å². The van der Waals surface area contributed by atoms with Crippen LogP contribution in [0.1, 0.15) is 17.2 Å². The Morgan fingerprint density at radius 1 is 0.967 bits per heavy atom. The molecule has 7 heteroatoms. The summed E-state index contributed by atoms with van der Waals surface area (Å²) >= 11 is 0. The predicted molar refractivity (Wildman–Crippen MR) is 111 cm³/mol. The zero-order valence-electron chi connectivity index (χ0n) is 16.5. The maximum absolute atomic E-state index is 10.8. The molecule has 0 spiro atoms. The lowest BCUT2D eigenvalue weighted by Gasteiger charge is -2.42. The molecule has 0 unspecified atom stereocenters. The van der Waals surface area contributed by atoms with Gasteiger partial charge in [-0.2, -0.15) is 0 Å². The van der Waals surface area contributed by atoms with E-state index < -0.39 is 43.2 Å². The minimum atomic E-state index is -1.53. The maximum Gasteiger partial charge on any atom is 0.117 e. The zero-order valence-corrected chi connectivity index (χ0v) is 16.5. The molecule has 30 heavy (non-hydrogen) atoms. The highest BCUT2D eigenvalue weighted by atomic mass is 16.6. The van der Waals surface area contributed by atoms with Crippen molar-refractivity contribution in [3.8, 4) is 11.1 Å². The molecule has 0 amide bonds. The molecule has 1 fully saturated rings. The lowest BCUT2D eigenvalue weighted by molar-refractivity contribution is -0.250. The van der Waals surface area contributed by atoms with Gasteiger partial charge in [-0.1, -0.05) is 36.4 Å². The molecular weight excluding hydrogens is 386 g/mol.